The molecule has 0 unspecified atom stereocenters. The first-order chi connectivity index (χ1) is 8.38. The van der Waals surface area contributed by atoms with Gasteiger partial charge in [0.25, 0.3) is 0 Å². The van der Waals surface area contributed by atoms with E-state index in [1.54, 1.807) is 6.92 Å². The number of anilines is 1. The Morgan fingerprint density at radius 1 is 1.44 bits per heavy atom. The molecule has 7 heteroatoms. The predicted octanol–water partition coefficient (Wildman–Crippen LogP) is 2.00. The number of halogens is 3. The average Bonchev–Trinajstić information content (AvgIpc) is 2.30. The lowest BCUT2D eigenvalue weighted by Crippen LogP contribution is -2.22. The number of amides is 1. The minimum Gasteiger partial charge on any atom is -0.492 e. The predicted molar refractivity (Wildman–Crippen MR) is 60.3 cm³/mol. The fourth-order valence-electron chi connectivity index (χ4n) is 1.29. The molecule has 0 atom stereocenters. The molecule has 1 aromatic rings. The first-order valence-corrected chi connectivity index (χ1v) is 5.22. The standard InChI is InChI=1S/C11H13F3N2O2/c1-2-18-9-4-3-7(11(12,13)14)5-8(9)16-10(17)6-15/h3-5H,2,6,15H2,1H3,(H,16,17). The first kappa shape index (κ1) is 14.3. The number of alkyl halides is 3. The van der Waals surface area contributed by atoms with Crippen molar-refractivity contribution in [1.29, 1.82) is 0 Å². The molecule has 1 rings (SSSR count). The summed E-state index contributed by atoms with van der Waals surface area (Å²) in [5.74, 6) is -0.414. The third-order valence-corrected chi connectivity index (χ3v) is 2.07. The van der Waals surface area contributed by atoms with Crippen LogP contribution in [-0.4, -0.2) is 19.1 Å². The Labute approximate surface area is 102 Å². The molecule has 0 fully saturated rings. The zero-order valence-corrected chi connectivity index (χ0v) is 9.67. The minimum absolute atomic E-state index is 0.0397. The van der Waals surface area contributed by atoms with Gasteiger partial charge < -0.3 is 15.8 Å². The first-order valence-electron chi connectivity index (χ1n) is 5.22. The summed E-state index contributed by atoms with van der Waals surface area (Å²) < 4.78 is 42.7. The summed E-state index contributed by atoms with van der Waals surface area (Å²) in [6.45, 7) is 1.64. The van der Waals surface area contributed by atoms with Crippen molar-refractivity contribution < 1.29 is 22.7 Å². The minimum atomic E-state index is -4.48. The van der Waals surface area contributed by atoms with Crippen molar-refractivity contribution in [2.45, 2.75) is 13.1 Å². The molecule has 0 aliphatic carbocycles. The molecule has 0 radical (unpaired) electrons. The number of carbonyl (C=O) groups excluding carboxylic acids is 1. The summed E-state index contributed by atoms with van der Waals surface area (Å²) in [5, 5.41) is 2.27. The fourth-order valence-corrected chi connectivity index (χ4v) is 1.29. The van der Waals surface area contributed by atoms with Crippen molar-refractivity contribution in [2.75, 3.05) is 18.5 Å². The largest absolute Gasteiger partial charge is 0.492 e. The topological polar surface area (TPSA) is 64.3 Å². The molecule has 18 heavy (non-hydrogen) atoms. The van der Waals surface area contributed by atoms with E-state index in [1.165, 1.54) is 6.07 Å². The molecule has 1 aromatic carbocycles. The second-order valence-electron chi connectivity index (χ2n) is 3.39. The fraction of sp³-hybridized carbons (Fsp3) is 0.364. The number of ether oxygens (including phenoxy) is 1. The van der Waals surface area contributed by atoms with Gasteiger partial charge >= 0.3 is 6.18 Å². The van der Waals surface area contributed by atoms with Gasteiger partial charge in [0.1, 0.15) is 5.75 Å². The molecule has 0 aliphatic heterocycles. The van der Waals surface area contributed by atoms with Gasteiger partial charge in [-0.1, -0.05) is 0 Å². The smallest absolute Gasteiger partial charge is 0.416 e. The summed E-state index contributed by atoms with van der Waals surface area (Å²) >= 11 is 0. The molecule has 3 N–H and O–H groups in total. The Kier molecular flexibility index (Phi) is 4.55. The molecular formula is C11H13F3N2O2. The molecular weight excluding hydrogens is 249 g/mol. The van der Waals surface area contributed by atoms with Gasteiger partial charge in [-0.25, -0.2) is 0 Å². The van der Waals surface area contributed by atoms with Gasteiger partial charge in [0, 0.05) is 0 Å². The molecule has 0 saturated carbocycles. The van der Waals surface area contributed by atoms with Crippen LogP contribution in [0.5, 0.6) is 5.75 Å². The molecule has 0 heterocycles. The SMILES string of the molecule is CCOc1ccc(C(F)(F)F)cc1NC(=O)CN. The number of carbonyl (C=O) groups is 1. The van der Waals surface area contributed by atoms with Crippen LogP contribution in [0.4, 0.5) is 18.9 Å². The number of rotatable bonds is 4. The molecule has 0 aliphatic rings. The van der Waals surface area contributed by atoms with Gasteiger partial charge in [-0.15, -0.1) is 0 Å². The Hall–Kier alpha value is -1.76. The van der Waals surface area contributed by atoms with Gasteiger partial charge in [0.05, 0.1) is 24.4 Å². The Morgan fingerprint density at radius 2 is 2.11 bits per heavy atom. The Bertz CT molecular complexity index is 433. The monoisotopic (exact) mass is 262 g/mol. The second-order valence-corrected chi connectivity index (χ2v) is 3.39. The maximum absolute atomic E-state index is 12.5. The van der Waals surface area contributed by atoms with Crippen LogP contribution in [0.2, 0.25) is 0 Å². The molecule has 0 saturated heterocycles. The van der Waals surface area contributed by atoms with Crippen molar-refractivity contribution >= 4 is 11.6 Å². The van der Waals surface area contributed by atoms with E-state index in [9.17, 15) is 18.0 Å². The highest BCUT2D eigenvalue weighted by molar-refractivity contribution is 5.93. The number of benzene rings is 1. The maximum atomic E-state index is 12.5. The van der Waals surface area contributed by atoms with Crippen LogP contribution in [0.1, 0.15) is 12.5 Å². The lowest BCUT2D eigenvalue weighted by molar-refractivity contribution is -0.137. The summed E-state index contributed by atoms with van der Waals surface area (Å²) in [5.41, 5.74) is 4.19. The third kappa shape index (κ3) is 3.63. The number of nitrogens with two attached hydrogens (primary N) is 1. The lowest BCUT2D eigenvalue weighted by atomic mass is 10.1. The van der Waals surface area contributed by atoms with E-state index in [0.717, 1.165) is 12.1 Å². The van der Waals surface area contributed by atoms with Gasteiger partial charge in [0.15, 0.2) is 0 Å². The van der Waals surface area contributed by atoms with Crippen molar-refractivity contribution in [3.8, 4) is 5.75 Å². The maximum Gasteiger partial charge on any atom is 0.416 e. The van der Waals surface area contributed by atoms with Crippen LogP contribution in [0.25, 0.3) is 0 Å². The van der Waals surface area contributed by atoms with Crippen LogP contribution < -0.4 is 15.8 Å². The van der Waals surface area contributed by atoms with Crippen LogP contribution in [-0.2, 0) is 11.0 Å². The second kappa shape index (κ2) is 5.72. The summed E-state index contributed by atoms with van der Waals surface area (Å²) in [6, 6.07) is 2.88. The molecule has 4 nitrogen and oxygen atoms in total. The van der Waals surface area contributed by atoms with Gasteiger partial charge in [0.2, 0.25) is 5.91 Å². The van der Waals surface area contributed by atoms with Gasteiger partial charge in [-0.05, 0) is 25.1 Å². The van der Waals surface area contributed by atoms with E-state index in [0.29, 0.717) is 0 Å². The molecule has 100 valence electrons. The molecule has 0 aromatic heterocycles. The zero-order valence-electron chi connectivity index (χ0n) is 9.67. The Balaban J connectivity index is 3.11. The lowest BCUT2D eigenvalue weighted by Gasteiger charge is -2.14. The van der Waals surface area contributed by atoms with Crippen molar-refractivity contribution in [3.63, 3.8) is 0 Å². The van der Waals surface area contributed by atoms with Crippen molar-refractivity contribution in [1.82, 2.24) is 0 Å². The van der Waals surface area contributed by atoms with E-state index in [4.69, 9.17) is 10.5 Å². The van der Waals surface area contributed by atoms with Crippen LogP contribution in [0.3, 0.4) is 0 Å². The van der Waals surface area contributed by atoms with E-state index in [2.05, 4.69) is 5.32 Å². The normalized spacial score (nSPS) is 11.2. The van der Waals surface area contributed by atoms with E-state index in [-0.39, 0.29) is 24.6 Å². The van der Waals surface area contributed by atoms with Crippen LogP contribution in [0.15, 0.2) is 18.2 Å². The van der Waals surface area contributed by atoms with Crippen LogP contribution >= 0.6 is 0 Å². The van der Waals surface area contributed by atoms with E-state index >= 15 is 0 Å². The molecule has 0 spiro atoms. The highest BCUT2D eigenvalue weighted by Crippen LogP contribution is 2.34. The molecule has 1 amide bonds. The quantitative estimate of drug-likeness (QED) is 0.872. The number of hydrogen-bond acceptors (Lipinski definition) is 3. The molecule has 0 bridgehead atoms. The summed E-state index contributed by atoms with van der Waals surface area (Å²) in [4.78, 5) is 11.1. The van der Waals surface area contributed by atoms with Crippen LogP contribution in [0, 0.1) is 0 Å². The zero-order chi connectivity index (χ0) is 13.8. The van der Waals surface area contributed by atoms with Crippen molar-refractivity contribution in [3.05, 3.63) is 23.8 Å². The Morgan fingerprint density at radius 3 is 2.61 bits per heavy atom. The highest BCUT2D eigenvalue weighted by Gasteiger charge is 2.31. The van der Waals surface area contributed by atoms with Gasteiger partial charge in [-0.3, -0.25) is 4.79 Å². The summed E-state index contributed by atoms with van der Waals surface area (Å²) in [6.07, 6.45) is -4.48. The third-order valence-electron chi connectivity index (χ3n) is 2.07. The van der Waals surface area contributed by atoms with E-state index in [1.807, 2.05) is 0 Å². The average molecular weight is 262 g/mol. The highest BCUT2D eigenvalue weighted by atomic mass is 19.4. The number of hydrogen-bond donors (Lipinski definition) is 2. The van der Waals surface area contributed by atoms with E-state index < -0.39 is 17.6 Å². The summed E-state index contributed by atoms with van der Waals surface area (Å²) in [7, 11) is 0. The number of nitrogens with one attached hydrogen (secondary N) is 1. The van der Waals surface area contributed by atoms with Gasteiger partial charge in [-0.2, -0.15) is 13.2 Å². The van der Waals surface area contributed by atoms with Crippen molar-refractivity contribution in [2.24, 2.45) is 5.73 Å².